The third-order valence-electron chi connectivity index (χ3n) is 4.71. The lowest BCUT2D eigenvalue weighted by atomic mass is 10.2. The van der Waals surface area contributed by atoms with Gasteiger partial charge in [-0.15, -0.1) is 5.10 Å². The van der Waals surface area contributed by atoms with Crippen molar-refractivity contribution in [1.82, 2.24) is 35.1 Å². The number of nitrogens with one attached hydrogen (secondary N) is 1. The summed E-state index contributed by atoms with van der Waals surface area (Å²) in [5.41, 5.74) is 3.19. The molecular weight excluding hydrogens is 318 g/mol. The molecule has 4 rings (SSSR count). The van der Waals surface area contributed by atoms with Crippen LogP contribution in [-0.2, 0) is 11.3 Å². The predicted octanol–water partition coefficient (Wildman–Crippen LogP) is 2.00. The maximum absolute atomic E-state index is 12.7. The Kier molecular flexibility index (Phi) is 4.17. The van der Waals surface area contributed by atoms with E-state index in [2.05, 4.69) is 39.6 Å². The highest BCUT2D eigenvalue weighted by atomic mass is 16.2. The van der Waals surface area contributed by atoms with Gasteiger partial charge in [0, 0.05) is 19.5 Å². The Labute approximate surface area is 145 Å². The lowest BCUT2D eigenvalue weighted by Gasteiger charge is -2.23. The van der Waals surface area contributed by atoms with E-state index in [-0.39, 0.29) is 11.9 Å². The van der Waals surface area contributed by atoms with Crippen molar-refractivity contribution >= 4 is 16.9 Å². The molecule has 1 amide bonds. The predicted molar refractivity (Wildman–Crippen MR) is 91.6 cm³/mol. The van der Waals surface area contributed by atoms with Crippen LogP contribution in [0.3, 0.4) is 0 Å². The van der Waals surface area contributed by atoms with E-state index in [1.165, 1.54) is 5.56 Å². The van der Waals surface area contributed by atoms with Crippen LogP contribution in [0.4, 0.5) is 0 Å². The van der Waals surface area contributed by atoms with Gasteiger partial charge < -0.3 is 9.88 Å². The highest BCUT2D eigenvalue weighted by Gasteiger charge is 2.31. The number of amides is 1. The summed E-state index contributed by atoms with van der Waals surface area (Å²) in [7, 11) is 0. The number of nitrogens with zero attached hydrogens (tertiary/aromatic N) is 6. The number of carbonyl (C=O) groups excluding carboxylic acids is 1. The molecule has 1 aliphatic heterocycles. The summed E-state index contributed by atoms with van der Waals surface area (Å²) in [5.74, 6) is 1.07. The molecule has 2 aromatic heterocycles. The maximum Gasteiger partial charge on any atom is 0.223 e. The van der Waals surface area contributed by atoms with Crippen molar-refractivity contribution in [3.05, 3.63) is 35.9 Å². The number of hydrogen-bond acceptors (Lipinski definition) is 5. The first-order valence-electron chi connectivity index (χ1n) is 8.67. The third kappa shape index (κ3) is 3.24. The van der Waals surface area contributed by atoms with Crippen LogP contribution in [0.15, 0.2) is 24.5 Å². The Morgan fingerprint density at radius 3 is 3.16 bits per heavy atom. The minimum atomic E-state index is 0.0493. The van der Waals surface area contributed by atoms with E-state index in [0.717, 1.165) is 42.7 Å². The van der Waals surface area contributed by atoms with Gasteiger partial charge in [0.1, 0.15) is 12.2 Å². The molecule has 130 valence electrons. The molecule has 8 heteroatoms. The molecule has 0 aliphatic carbocycles. The van der Waals surface area contributed by atoms with Crippen molar-refractivity contribution in [1.29, 1.82) is 0 Å². The standard InChI is InChI=1S/C17H21N7O/c1-12-6-7-13-14(10-12)20-17(19-13)15-4-2-9-24(15)16(25)5-3-8-23-11-18-21-22-23/h6-7,10-11,15H,2-5,8-9H2,1H3,(H,19,20)/t15-/m1/s1. The Bertz CT molecular complexity index is 870. The number of carbonyl (C=O) groups is 1. The Balaban J connectivity index is 1.44. The molecule has 0 bridgehead atoms. The number of fused-ring (bicyclic) bond motifs is 1. The number of benzene rings is 1. The van der Waals surface area contributed by atoms with Crippen LogP contribution >= 0.6 is 0 Å². The van der Waals surface area contributed by atoms with Crippen molar-refractivity contribution in [2.24, 2.45) is 0 Å². The molecule has 8 nitrogen and oxygen atoms in total. The number of rotatable bonds is 5. The summed E-state index contributed by atoms with van der Waals surface area (Å²) < 4.78 is 1.65. The molecule has 25 heavy (non-hydrogen) atoms. The second-order valence-electron chi connectivity index (χ2n) is 6.56. The number of aryl methyl sites for hydroxylation is 2. The van der Waals surface area contributed by atoms with Gasteiger partial charge in [0.15, 0.2) is 0 Å². The highest BCUT2D eigenvalue weighted by Crippen LogP contribution is 2.32. The van der Waals surface area contributed by atoms with Crippen molar-refractivity contribution in [3.63, 3.8) is 0 Å². The van der Waals surface area contributed by atoms with Gasteiger partial charge in [0.05, 0.1) is 17.1 Å². The van der Waals surface area contributed by atoms with Gasteiger partial charge in [0.25, 0.3) is 0 Å². The summed E-state index contributed by atoms with van der Waals surface area (Å²) in [6.07, 6.45) is 4.76. The quantitative estimate of drug-likeness (QED) is 0.767. The lowest BCUT2D eigenvalue weighted by molar-refractivity contribution is -0.132. The second kappa shape index (κ2) is 6.62. The van der Waals surface area contributed by atoms with E-state index in [0.29, 0.717) is 13.0 Å². The Hall–Kier alpha value is -2.77. The second-order valence-corrected chi connectivity index (χ2v) is 6.56. The Morgan fingerprint density at radius 1 is 1.40 bits per heavy atom. The molecule has 1 fully saturated rings. The number of likely N-dealkylation sites (tertiary alicyclic amines) is 1. The van der Waals surface area contributed by atoms with Gasteiger partial charge in [-0.25, -0.2) is 9.67 Å². The maximum atomic E-state index is 12.7. The molecule has 0 spiro atoms. The molecule has 1 N–H and O–H groups in total. The summed E-state index contributed by atoms with van der Waals surface area (Å²) in [6.45, 7) is 3.52. The number of aromatic nitrogens is 6. The lowest BCUT2D eigenvalue weighted by Crippen LogP contribution is -2.31. The number of H-pyrrole nitrogens is 1. The van der Waals surface area contributed by atoms with E-state index in [1.54, 1.807) is 11.0 Å². The number of imidazole rings is 1. The number of hydrogen-bond donors (Lipinski definition) is 1. The van der Waals surface area contributed by atoms with E-state index >= 15 is 0 Å². The average molecular weight is 339 g/mol. The Morgan fingerprint density at radius 2 is 2.32 bits per heavy atom. The normalized spacial score (nSPS) is 17.5. The fraction of sp³-hybridized carbons (Fsp3) is 0.471. The van der Waals surface area contributed by atoms with Crippen LogP contribution in [-0.4, -0.2) is 47.5 Å². The van der Waals surface area contributed by atoms with Crippen LogP contribution in [0.5, 0.6) is 0 Å². The molecule has 0 radical (unpaired) electrons. The first-order chi connectivity index (χ1) is 12.2. The fourth-order valence-electron chi connectivity index (χ4n) is 3.47. The molecule has 1 aromatic carbocycles. The summed E-state index contributed by atoms with van der Waals surface area (Å²) in [5, 5.41) is 11.0. The monoisotopic (exact) mass is 339 g/mol. The van der Waals surface area contributed by atoms with Gasteiger partial charge in [-0.3, -0.25) is 4.79 Å². The SMILES string of the molecule is Cc1ccc2nc([C@H]3CCCN3C(=O)CCCn3cnnn3)[nH]c2c1. The van der Waals surface area contributed by atoms with Crippen molar-refractivity contribution in [3.8, 4) is 0 Å². The molecule has 3 aromatic rings. The number of tetrazole rings is 1. The minimum absolute atomic E-state index is 0.0493. The van der Waals surface area contributed by atoms with E-state index in [1.807, 2.05) is 11.0 Å². The van der Waals surface area contributed by atoms with Gasteiger partial charge >= 0.3 is 0 Å². The van der Waals surface area contributed by atoms with Crippen LogP contribution in [0.25, 0.3) is 11.0 Å². The number of aromatic amines is 1. The minimum Gasteiger partial charge on any atom is -0.340 e. The van der Waals surface area contributed by atoms with Crippen LogP contribution in [0.1, 0.15) is 43.1 Å². The topological polar surface area (TPSA) is 92.6 Å². The van der Waals surface area contributed by atoms with E-state index in [4.69, 9.17) is 4.98 Å². The van der Waals surface area contributed by atoms with Crippen molar-refractivity contribution in [2.75, 3.05) is 6.54 Å². The smallest absolute Gasteiger partial charge is 0.223 e. The van der Waals surface area contributed by atoms with Crippen molar-refractivity contribution < 1.29 is 4.79 Å². The highest BCUT2D eigenvalue weighted by molar-refractivity contribution is 5.78. The molecule has 0 unspecified atom stereocenters. The molecular formula is C17H21N7O. The van der Waals surface area contributed by atoms with Crippen molar-refractivity contribution in [2.45, 2.75) is 45.2 Å². The first-order valence-corrected chi connectivity index (χ1v) is 8.67. The van der Waals surface area contributed by atoms with Gasteiger partial charge in [-0.05, 0) is 54.3 Å². The average Bonchev–Trinajstić information content (AvgIpc) is 3.33. The zero-order valence-corrected chi connectivity index (χ0v) is 14.2. The summed E-state index contributed by atoms with van der Waals surface area (Å²) in [6, 6.07) is 6.23. The zero-order chi connectivity index (χ0) is 17.2. The van der Waals surface area contributed by atoms with Crippen LogP contribution in [0.2, 0.25) is 0 Å². The summed E-state index contributed by atoms with van der Waals surface area (Å²) in [4.78, 5) is 22.7. The van der Waals surface area contributed by atoms with Crippen LogP contribution < -0.4 is 0 Å². The first kappa shape index (κ1) is 15.7. The summed E-state index contributed by atoms with van der Waals surface area (Å²) >= 11 is 0. The van der Waals surface area contributed by atoms with E-state index < -0.39 is 0 Å². The molecule has 1 aliphatic rings. The molecule has 0 saturated carbocycles. The zero-order valence-electron chi connectivity index (χ0n) is 14.2. The van der Waals surface area contributed by atoms with Gasteiger partial charge in [-0.2, -0.15) is 0 Å². The third-order valence-corrected chi connectivity index (χ3v) is 4.71. The molecule has 3 heterocycles. The fourth-order valence-corrected chi connectivity index (χ4v) is 3.47. The molecule has 1 atom stereocenters. The van der Waals surface area contributed by atoms with Crippen LogP contribution in [0, 0.1) is 6.92 Å². The van der Waals surface area contributed by atoms with Gasteiger partial charge in [-0.1, -0.05) is 6.07 Å². The molecule has 1 saturated heterocycles. The largest absolute Gasteiger partial charge is 0.340 e. The van der Waals surface area contributed by atoms with E-state index in [9.17, 15) is 4.79 Å². The van der Waals surface area contributed by atoms with Gasteiger partial charge in [0.2, 0.25) is 5.91 Å².